The molecular formula is C9H16N4. The zero-order chi connectivity index (χ0) is 9.10. The largest absolute Gasteiger partial charge is 0.328 e. The zero-order valence-corrected chi connectivity index (χ0v) is 7.69. The molecule has 0 spiro atoms. The zero-order valence-electron chi connectivity index (χ0n) is 7.69. The lowest BCUT2D eigenvalue weighted by atomic mass is 9.88. The number of nitrogens with two attached hydrogens (primary N) is 1. The first-order chi connectivity index (χ1) is 6.34. The maximum absolute atomic E-state index is 5.68. The van der Waals surface area contributed by atoms with E-state index in [2.05, 4.69) is 10.4 Å². The van der Waals surface area contributed by atoms with Crippen molar-refractivity contribution in [2.75, 3.05) is 6.54 Å². The van der Waals surface area contributed by atoms with E-state index in [9.17, 15) is 0 Å². The summed E-state index contributed by atoms with van der Waals surface area (Å²) in [5.74, 6) is 0. The van der Waals surface area contributed by atoms with Gasteiger partial charge < -0.3 is 11.1 Å². The highest BCUT2D eigenvalue weighted by molar-refractivity contribution is 4.87. The predicted molar refractivity (Wildman–Crippen MR) is 51.2 cm³/mol. The Morgan fingerprint density at radius 2 is 2.38 bits per heavy atom. The van der Waals surface area contributed by atoms with Crippen molar-refractivity contribution in [2.24, 2.45) is 5.73 Å². The molecule has 0 amide bonds. The first-order valence-electron chi connectivity index (χ1n) is 4.81. The molecule has 1 aromatic heterocycles. The quantitative estimate of drug-likeness (QED) is 0.683. The molecule has 1 saturated carbocycles. The third-order valence-electron chi connectivity index (χ3n) is 2.51. The standard InChI is InChI=1S/C9H16N4/c10-8-6-9(7-8)11-3-5-13-4-1-2-12-13/h1-2,4,8-9,11H,3,5-7,10H2. The Hall–Kier alpha value is -0.870. The van der Waals surface area contributed by atoms with Crippen LogP contribution in [0.2, 0.25) is 0 Å². The molecule has 1 aliphatic rings. The summed E-state index contributed by atoms with van der Waals surface area (Å²) in [5.41, 5.74) is 5.68. The van der Waals surface area contributed by atoms with E-state index >= 15 is 0 Å². The molecule has 4 nitrogen and oxygen atoms in total. The molecule has 0 saturated heterocycles. The minimum Gasteiger partial charge on any atom is -0.328 e. The van der Waals surface area contributed by atoms with Crippen molar-refractivity contribution in [3.8, 4) is 0 Å². The predicted octanol–water partition coefficient (Wildman–Crippen LogP) is -0.0376. The van der Waals surface area contributed by atoms with Gasteiger partial charge in [0.25, 0.3) is 0 Å². The van der Waals surface area contributed by atoms with Gasteiger partial charge in [-0.2, -0.15) is 5.10 Å². The van der Waals surface area contributed by atoms with E-state index in [-0.39, 0.29) is 0 Å². The highest BCUT2D eigenvalue weighted by Gasteiger charge is 2.24. The number of nitrogens with one attached hydrogen (secondary N) is 1. The lowest BCUT2D eigenvalue weighted by molar-refractivity contribution is 0.288. The molecule has 0 unspecified atom stereocenters. The molecule has 0 aliphatic heterocycles. The maximum atomic E-state index is 5.68. The van der Waals surface area contributed by atoms with Gasteiger partial charge in [-0.15, -0.1) is 0 Å². The lowest BCUT2D eigenvalue weighted by Crippen LogP contribution is -2.49. The van der Waals surface area contributed by atoms with Crippen molar-refractivity contribution >= 4 is 0 Å². The molecule has 1 fully saturated rings. The third kappa shape index (κ3) is 2.29. The normalized spacial score (nSPS) is 27.2. The highest BCUT2D eigenvalue weighted by Crippen LogP contribution is 2.16. The Morgan fingerprint density at radius 1 is 1.54 bits per heavy atom. The van der Waals surface area contributed by atoms with E-state index in [4.69, 9.17) is 5.73 Å². The minimum atomic E-state index is 0.433. The van der Waals surface area contributed by atoms with E-state index in [1.807, 2.05) is 16.9 Å². The molecule has 0 bridgehead atoms. The molecule has 72 valence electrons. The van der Waals surface area contributed by atoms with Gasteiger partial charge in [-0.3, -0.25) is 4.68 Å². The Kier molecular flexibility index (Phi) is 2.61. The molecular weight excluding hydrogens is 164 g/mol. The van der Waals surface area contributed by atoms with E-state index < -0.39 is 0 Å². The van der Waals surface area contributed by atoms with Gasteiger partial charge in [0.1, 0.15) is 0 Å². The fourth-order valence-corrected chi connectivity index (χ4v) is 1.64. The average Bonchev–Trinajstić information content (AvgIpc) is 2.53. The van der Waals surface area contributed by atoms with Gasteiger partial charge in [-0.1, -0.05) is 0 Å². The molecule has 13 heavy (non-hydrogen) atoms. The smallest absolute Gasteiger partial charge is 0.0534 e. The topological polar surface area (TPSA) is 55.9 Å². The fraction of sp³-hybridized carbons (Fsp3) is 0.667. The van der Waals surface area contributed by atoms with Gasteiger partial charge in [0.15, 0.2) is 0 Å². The van der Waals surface area contributed by atoms with Crippen LogP contribution in [0.5, 0.6) is 0 Å². The van der Waals surface area contributed by atoms with Crippen LogP contribution in [0.4, 0.5) is 0 Å². The van der Waals surface area contributed by atoms with E-state index in [1.54, 1.807) is 6.20 Å². The van der Waals surface area contributed by atoms with Crippen LogP contribution in [0.3, 0.4) is 0 Å². The summed E-state index contributed by atoms with van der Waals surface area (Å²) in [7, 11) is 0. The number of hydrogen-bond donors (Lipinski definition) is 2. The lowest BCUT2D eigenvalue weighted by Gasteiger charge is -2.33. The Morgan fingerprint density at radius 3 is 3.00 bits per heavy atom. The Balaban J connectivity index is 1.59. The van der Waals surface area contributed by atoms with E-state index in [0.29, 0.717) is 12.1 Å². The summed E-state index contributed by atoms with van der Waals surface area (Å²) in [4.78, 5) is 0. The first kappa shape index (κ1) is 8.72. The monoisotopic (exact) mass is 180 g/mol. The van der Waals surface area contributed by atoms with Crippen LogP contribution >= 0.6 is 0 Å². The third-order valence-corrected chi connectivity index (χ3v) is 2.51. The van der Waals surface area contributed by atoms with Crippen LogP contribution in [0.1, 0.15) is 12.8 Å². The van der Waals surface area contributed by atoms with Crippen molar-refractivity contribution in [3.05, 3.63) is 18.5 Å². The van der Waals surface area contributed by atoms with Crippen LogP contribution in [-0.4, -0.2) is 28.4 Å². The fourth-order valence-electron chi connectivity index (χ4n) is 1.64. The second-order valence-corrected chi connectivity index (χ2v) is 3.65. The van der Waals surface area contributed by atoms with Crippen LogP contribution in [0.15, 0.2) is 18.5 Å². The van der Waals surface area contributed by atoms with Crippen molar-refractivity contribution in [3.63, 3.8) is 0 Å². The summed E-state index contributed by atoms with van der Waals surface area (Å²) in [5, 5.41) is 7.57. The second kappa shape index (κ2) is 3.89. The molecule has 0 radical (unpaired) electrons. The SMILES string of the molecule is NC1CC(NCCn2cccn2)C1. The molecule has 0 atom stereocenters. The molecule has 1 heterocycles. The maximum Gasteiger partial charge on any atom is 0.0534 e. The van der Waals surface area contributed by atoms with Crippen LogP contribution in [0, 0.1) is 0 Å². The molecule has 0 aromatic carbocycles. The van der Waals surface area contributed by atoms with Crippen LogP contribution in [-0.2, 0) is 6.54 Å². The number of rotatable bonds is 4. The summed E-state index contributed by atoms with van der Waals surface area (Å²) in [6, 6.07) is 3.02. The second-order valence-electron chi connectivity index (χ2n) is 3.65. The number of nitrogens with zero attached hydrogens (tertiary/aromatic N) is 2. The van der Waals surface area contributed by atoms with Gasteiger partial charge in [-0.05, 0) is 18.9 Å². The summed E-state index contributed by atoms with van der Waals surface area (Å²) in [6.45, 7) is 1.93. The minimum absolute atomic E-state index is 0.433. The summed E-state index contributed by atoms with van der Waals surface area (Å²) < 4.78 is 1.94. The summed E-state index contributed by atoms with van der Waals surface area (Å²) >= 11 is 0. The first-order valence-corrected chi connectivity index (χ1v) is 4.81. The summed E-state index contributed by atoms with van der Waals surface area (Å²) in [6.07, 6.45) is 6.03. The van der Waals surface area contributed by atoms with Gasteiger partial charge in [0, 0.05) is 31.0 Å². The Labute approximate surface area is 78.1 Å². The van der Waals surface area contributed by atoms with E-state index in [1.165, 1.54) is 0 Å². The van der Waals surface area contributed by atoms with Crippen molar-refractivity contribution < 1.29 is 0 Å². The molecule has 3 N–H and O–H groups in total. The molecule has 1 aromatic rings. The van der Waals surface area contributed by atoms with Gasteiger partial charge in [0.05, 0.1) is 6.54 Å². The van der Waals surface area contributed by atoms with Crippen molar-refractivity contribution in [1.29, 1.82) is 0 Å². The Bertz CT molecular complexity index is 238. The van der Waals surface area contributed by atoms with Crippen LogP contribution in [0.25, 0.3) is 0 Å². The number of hydrogen-bond acceptors (Lipinski definition) is 3. The van der Waals surface area contributed by atoms with Crippen molar-refractivity contribution in [2.45, 2.75) is 31.5 Å². The van der Waals surface area contributed by atoms with Gasteiger partial charge >= 0.3 is 0 Å². The highest BCUT2D eigenvalue weighted by atomic mass is 15.3. The number of aromatic nitrogens is 2. The van der Waals surface area contributed by atoms with Crippen LogP contribution < -0.4 is 11.1 Å². The van der Waals surface area contributed by atoms with E-state index in [0.717, 1.165) is 25.9 Å². The average molecular weight is 180 g/mol. The molecule has 4 heteroatoms. The molecule has 1 aliphatic carbocycles. The van der Waals surface area contributed by atoms with Crippen molar-refractivity contribution in [1.82, 2.24) is 15.1 Å². The van der Waals surface area contributed by atoms with Gasteiger partial charge in [0.2, 0.25) is 0 Å². The molecule has 2 rings (SSSR count). The van der Waals surface area contributed by atoms with Gasteiger partial charge in [-0.25, -0.2) is 0 Å².